The highest BCUT2D eigenvalue weighted by atomic mass is 16.5. The standard InChI is InChI=1S/C24H21NO3/c1-18(26)25-22-13-7-6-12-21(22)23(27)16-15-20-11-5-8-14-24(20)28-17-19-9-3-2-4-10-19/h2-16H,17H2,1H3,(H,25,26)/b16-15+. The van der Waals surface area contributed by atoms with Crippen molar-refractivity contribution in [1.82, 2.24) is 0 Å². The van der Waals surface area contributed by atoms with E-state index in [1.165, 1.54) is 13.0 Å². The number of allylic oxidation sites excluding steroid dienone is 1. The van der Waals surface area contributed by atoms with Gasteiger partial charge in [-0.1, -0.05) is 60.7 Å². The highest BCUT2D eigenvalue weighted by Crippen LogP contribution is 2.22. The smallest absolute Gasteiger partial charge is 0.221 e. The molecular weight excluding hydrogens is 350 g/mol. The van der Waals surface area contributed by atoms with Crippen LogP contribution in [0.2, 0.25) is 0 Å². The molecule has 0 spiro atoms. The molecule has 0 bridgehead atoms. The minimum atomic E-state index is -0.219. The van der Waals surface area contributed by atoms with Gasteiger partial charge in [0.15, 0.2) is 5.78 Å². The molecule has 0 atom stereocenters. The Morgan fingerprint density at radius 2 is 1.57 bits per heavy atom. The van der Waals surface area contributed by atoms with Crippen molar-refractivity contribution in [1.29, 1.82) is 0 Å². The van der Waals surface area contributed by atoms with Crippen molar-refractivity contribution in [2.45, 2.75) is 13.5 Å². The molecule has 0 aliphatic heterocycles. The van der Waals surface area contributed by atoms with E-state index >= 15 is 0 Å². The lowest BCUT2D eigenvalue weighted by atomic mass is 10.1. The van der Waals surface area contributed by atoms with Crippen LogP contribution in [0.3, 0.4) is 0 Å². The minimum absolute atomic E-state index is 0.192. The third-order valence-corrected chi connectivity index (χ3v) is 4.07. The average molecular weight is 371 g/mol. The zero-order valence-electron chi connectivity index (χ0n) is 15.6. The molecule has 0 unspecified atom stereocenters. The number of carbonyl (C=O) groups is 2. The molecule has 4 nitrogen and oxygen atoms in total. The highest BCUT2D eigenvalue weighted by molar-refractivity contribution is 6.12. The van der Waals surface area contributed by atoms with Gasteiger partial charge in [0.05, 0.1) is 5.69 Å². The number of amides is 1. The number of hydrogen-bond acceptors (Lipinski definition) is 3. The van der Waals surface area contributed by atoms with Crippen LogP contribution in [0.4, 0.5) is 5.69 Å². The number of nitrogens with one attached hydrogen (secondary N) is 1. The zero-order valence-corrected chi connectivity index (χ0v) is 15.6. The molecule has 0 fully saturated rings. The maximum absolute atomic E-state index is 12.6. The lowest BCUT2D eigenvalue weighted by molar-refractivity contribution is -0.114. The van der Waals surface area contributed by atoms with E-state index in [2.05, 4.69) is 5.32 Å². The first kappa shape index (κ1) is 19.1. The first-order chi connectivity index (χ1) is 13.6. The summed E-state index contributed by atoms with van der Waals surface area (Å²) in [7, 11) is 0. The fourth-order valence-electron chi connectivity index (χ4n) is 2.74. The average Bonchev–Trinajstić information content (AvgIpc) is 2.72. The summed E-state index contributed by atoms with van der Waals surface area (Å²) in [6, 6.07) is 24.4. The number of benzene rings is 3. The van der Waals surface area contributed by atoms with Crippen LogP contribution in [0.1, 0.15) is 28.4 Å². The first-order valence-electron chi connectivity index (χ1n) is 8.98. The maximum Gasteiger partial charge on any atom is 0.221 e. The molecule has 0 radical (unpaired) electrons. The van der Waals surface area contributed by atoms with E-state index < -0.39 is 0 Å². The second-order valence-corrected chi connectivity index (χ2v) is 6.24. The van der Waals surface area contributed by atoms with Crippen molar-refractivity contribution in [3.05, 3.63) is 102 Å². The number of ether oxygens (including phenoxy) is 1. The van der Waals surface area contributed by atoms with E-state index in [4.69, 9.17) is 4.74 Å². The van der Waals surface area contributed by atoms with Crippen LogP contribution < -0.4 is 10.1 Å². The lowest BCUT2D eigenvalue weighted by Crippen LogP contribution is -2.10. The van der Waals surface area contributed by atoms with Crippen LogP contribution in [0.25, 0.3) is 6.08 Å². The first-order valence-corrected chi connectivity index (χ1v) is 8.98. The second kappa shape index (κ2) is 9.33. The molecule has 3 aromatic carbocycles. The van der Waals surface area contributed by atoms with Crippen LogP contribution >= 0.6 is 0 Å². The fraction of sp³-hybridized carbons (Fsp3) is 0.0833. The quantitative estimate of drug-likeness (QED) is 0.463. The summed E-state index contributed by atoms with van der Waals surface area (Å²) in [6.07, 6.45) is 3.22. The Kier molecular flexibility index (Phi) is 6.37. The Morgan fingerprint density at radius 3 is 2.36 bits per heavy atom. The minimum Gasteiger partial charge on any atom is -0.488 e. The van der Waals surface area contributed by atoms with Crippen LogP contribution in [0, 0.1) is 0 Å². The Morgan fingerprint density at radius 1 is 0.893 bits per heavy atom. The van der Waals surface area contributed by atoms with E-state index in [-0.39, 0.29) is 11.7 Å². The molecule has 1 N–H and O–H groups in total. The SMILES string of the molecule is CC(=O)Nc1ccccc1C(=O)/C=C/c1ccccc1OCc1ccccc1. The fourth-order valence-corrected chi connectivity index (χ4v) is 2.74. The Bertz CT molecular complexity index is 993. The third-order valence-electron chi connectivity index (χ3n) is 4.07. The van der Waals surface area contributed by atoms with Crippen LogP contribution in [-0.4, -0.2) is 11.7 Å². The van der Waals surface area contributed by atoms with Crippen LogP contribution in [0.15, 0.2) is 84.9 Å². The molecule has 0 heterocycles. The van der Waals surface area contributed by atoms with Gasteiger partial charge in [0, 0.05) is 18.1 Å². The van der Waals surface area contributed by atoms with Gasteiger partial charge in [-0.15, -0.1) is 0 Å². The number of rotatable bonds is 7. The van der Waals surface area contributed by atoms with E-state index in [0.29, 0.717) is 23.6 Å². The van der Waals surface area contributed by atoms with Crippen LogP contribution in [0.5, 0.6) is 5.75 Å². The van der Waals surface area contributed by atoms with Gasteiger partial charge in [-0.3, -0.25) is 9.59 Å². The maximum atomic E-state index is 12.6. The van der Waals surface area contributed by atoms with Gasteiger partial charge in [-0.05, 0) is 35.9 Å². The lowest BCUT2D eigenvalue weighted by Gasteiger charge is -2.09. The van der Waals surface area contributed by atoms with Gasteiger partial charge in [0.25, 0.3) is 0 Å². The molecule has 0 aliphatic rings. The Balaban J connectivity index is 1.76. The summed E-state index contributed by atoms with van der Waals surface area (Å²) in [5.41, 5.74) is 2.82. The molecule has 3 rings (SSSR count). The van der Waals surface area contributed by atoms with E-state index in [1.807, 2.05) is 54.6 Å². The van der Waals surface area contributed by atoms with Crippen molar-refractivity contribution in [2.75, 3.05) is 5.32 Å². The molecule has 0 aromatic heterocycles. The summed E-state index contributed by atoms with van der Waals surface area (Å²) in [5, 5.41) is 2.68. The Hall–Kier alpha value is -3.66. The van der Waals surface area contributed by atoms with E-state index in [1.54, 1.807) is 30.3 Å². The van der Waals surface area contributed by atoms with Crippen molar-refractivity contribution >= 4 is 23.5 Å². The Labute approximate surface area is 164 Å². The van der Waals surface area contributed by atoms with E-state index in [0.717, 1.165) is 11.1 Å². The van der Waals surface area contributed by atoms with Gasteiger partial charge < -0.3 is 10.1 Å². The normalized spacial score (nSPS) is 10.6. The predicted octanol–water partition coefficient (Wildman–Crippen LogP) is 5.12. The molecule has 140 valence electrons. The molecule has 4 heteroatoms. The summed E-state index contributed by atoms with van der Waals surface area (Å²) in [6.45, 7) is 1.86. The largest absolute Gasteiger partial charge is 0.488 e. The molecule has 0 aliphatic carbocycles. The molecule has 28 heavy (non-hydrogen) atoms. The topological polar surface area (TPSA) is 55.4 Å². The summed E-state index contributed by atoms with van der Waals surface area (Å²) >= 11 is 0. The van der Waals surface area contributed by atoms with Crippen LogP contribution in [-0.2, 0) is 11.4 Å². The van der Waals surface area contributed by atoms with Crippen molar-refractivity contribution < 1.29 is 14.3 Å². The zero-order chi connectivity index (χ0) is 19.8. The predicted molar refractivity (Wildman–Crippen MR) is 111 cm³/mol. The van der Waals surface area contributed by atoms with Gasteiger partial charge in [0.1, 0.15) is 12.4 Å². The summed E-state index contributed by atoms with van der Waals surface area (Å²) in [4.78, 5) is 24.0. The molecule has 0 saturated heterocycles. The van der Waals surface area contributed by atoms with Gasteiger partial charge in [-0.25, -0.2) is 0 Å². The molecular formula is C24H21NO3. The monoisotopic (exact) mass is 371 g/mol. The van der Waals surface area contributed by atoms with Gasteiger partial charge >= 0.3 is 0 Å². The van der Waals surface area contributed by atoms with Gasteiger partial charge in [0.2, 0.25) is 5.91 Å². The second-order valence-electron chi connectivity index (χ2n) is 6.24. The van der Waals surface area contributed by atoms with Crippen molar-refractivity contribution in [3.63, 3.8) is 0 Å². The van der Waals surface area contributed by atoms with Crippen molar-refractivity contribution in [3.8, 4) is 5.75 Å². The summed E-state index contributed by atoms with van der Waals surface area (Å²) in [5.74, 6) is 0.289. The summed E-state index contributed by atoms with van der Waals surface area (Å²) < 4.78 is 5.92. The highest BCUT2D eigenvalue weighted by Gasteiger charge is 2.09. The van der Waals surface area contributed by atoms with E-state index in [9.17, 15) is 9.59 Å². The number of ketones is 1. The molecule has 3 aromatic rings. The number of carbonyl (C=O) groups excluding carboxylic acids is 2. The molecule has 1 amide bonds. The third kappa shape index (κ3) is 5.17. The number of para-hydroxylation sites is 2. The number of anilines is 1. The van der Waals surface area contributed by atoms with Crippen molar-refractivity contribution in [2.24, 2.45) is 0 Å². The van der Waals surface area contributed by atoms with Gasteiger partial charge in [-0.2, -0.15) is 0 Å². The molecule has 0 saturated carbocycles. The number of hydrogen-bond donors (Lipinski definition) is 1.